The number of carboxylic acids is 1. The molecule has 1 saturated carbocycles. The lowest BCUT2D eigenvalue weighted by molar-refractivity contribution is -0.144. The number of aliphatic carboxylic acids is 1. The number of nitrogens with one attached hydrogen (secondary N) is 1. The standard InChI is InChI=1S/C14H17NO4/c1-9-4-3-5-11(8-9)19-10(2)12(16)15-14(6-7-14)13(17)18/h3-5,8,10H,6-7H2,1-2H3,(H,15,16)(H,17,18)/t10-/m0/s1. The van der Waals surface area contributed by atoms with E-state index in [2.05, 4.69) is 5.32 Å². The Morgan fingerprint density at radius 2 is 2.11 bits per heavy atom. The zero-order valence-electron chi connectivity index (χ0n) is 11.0. The lowest BCUT2D eigenvalue weighted by atomic mass is 10.2. The predicted molar refractivity (Wildman–Crippen MR) is 69.0 cm³/mol. The van der Waals surface area contributed by atoms with Gasteiger partial charge in [-0.05, 0) is 44.4 Å². The molecule has 2 rings (SSSR count). The second-order valence-corrected chi connectivity index (χ2v) is 4.95. The molecule has 19 heavy (non-hydrogen) atoms. The van der Waals surface area contributed by atoms with Gasteiger partial charge in [0.15, 0.2) is 6.10 Å². The molecule has 5 heteroatoms. The molecule has 0 aliphatic heterocycles. The second-order valence-electron chi connectivity index (χ2n) is 4.95. The Hall–Kier alpha value is -2.04. The van der Waals surface area contributed by atoms with Crippen molar-refractivity contribution in [2.24, 2.45) is 0 Å². The Morgan fingerprint density at radius 1 is 1.42 bits per heavy atom. The first kappa shape index (κ1) is 13.4. The molecule has 0 aromatic heterocycles. The third kappa shape index (κ3) is 3.05. The number of benzene rings is 1. The average Bonchev–Trinajstić information content (AvgIpc) is 3.10. The highest BCUT2D eigenvalue weighted by molar-refractivity contribution is 5.91. The van der Waals surface area contributed by atoms with E-state index in [0.717, 1.165) is 5.56 Å². The predicted octanol–water partition coefficient (Wildman–Crippen LogP) is 1.50. The normalized spacial score (nSPS) is 17.4. The summed E-state index contributed by atoms with van der Waals surface area (Å²) in [6, 6.07) is 7.37. The Labute approximate surface area is 111 Å². The maximum Gasteiger partial charge on any atom is 0.329 e. The second kappa shape index (κ2) is 4.91. The highest BCUT2D eigenvalue weighted by Gasteiger charge is 2.52. The number of rotatable bonds is 5. The van der Waals surface area contributed by atoms with Gasteiger partial charge < -0.3 is 15.2 Å². The fourth-order valence-electron chi connectivity index (χ4n) is 1.80. The van der Waals surface area contributed by atoms with E-state index < -0.39 is 23.5 Å². The zero-order valence-corrected chi connectivity index (χ0v) is 11.0. The molecule has 0 saturated heterocycles. The molecular weight excluding hydrogens is 246 g/mol. The molecule has 1 amide bonds. The van der Waals surface area contributed by atoms with Crippen LogP contribution in [0.25, 0.3) is 0 Å². The first-order valence-electron chi connectivity index (χ1n) is 6.22. The van der Waals surface area contributed by atoms with Gasteiger partial charge in [-0.1, -0.05) is 12.1 Å². The Bertz CT molecular complexity index is 508. The van der Waals surface area contributed by atoms with E-state index in [1.54, 1.807) is 13.0 Å². The number of carboxylic acid groups (broad SMARTS) is 1. The van der Waals surface area contributed by atoms with Gasteiger partial charge in [-0.2, -0.15) is 0 Å². The monoisotopic (exact) mass is 263 g/mol. The number of carbonyl (C=O) groups is 2. The van der Waals surface area contributed by atoms with E-state index in [1.165, 1.54) is 0 Å². The van der Waals surface area contributed by atoms with Crippen LogP contribution < -0.4 is 10.1 Å². The first-order valence-corrected chi connectivity index (χ1v) is 6.22. The number of aryl methyl sites for hydroxylation is 1. The van der Waals surface area contributed by atoms with E-state index in [-0.39, 0.29) is 0 Å². The molecule has 0 spiro atoms. The fraction of sp³-hybridized carbons (Fsp3) is 0.429. The van der Waals surface area contributed by atoms with Crippen LogP contribution in [0.5, 0.6) is 5.75 Å². The topological polar surface area (TPSA) is 75.6 Å². The molecule has 2 N–H and O–H groups in total. The molecule has 1 aromatic carbocycles. The molecule has 0 bridgehead atoms. The lowest BCUT2D eigenvalue weighted by Crippen LogP contribution is -2.48. The largest absolute Gasteiger partial charge is 0.481 e. The summed E-state index contributed by atoms with van der Waals surface area (Å²) in [5.41, 5.74) is -0.0318. The minimum Gasteiger partial charge on any atom is -0.481 e. The van der Waals surface area contributed by atoms with Crippen LogP contribution in [-0.4, -0.2) is 28.6 Å². The molecule has 1 aliphatic rings. The fourth-order valence-corrected chi connectivity index (χ4v) is 1.80. The number of amides is 1. The van der Waals surface area contributed by atoms with E-state index in [9.17, 15) is 9.59 Å². The van der Waals surface area contributed by atoms with E-state index in [0.29, 0.717) is 18.6 Å². The van der Waals surface area contributed by atoms with Crippen LogP contribution in [0.3, 0.4) is 0 Å². The van der Waals surface area contributed by atoms with Crippen LogP contribution in [-0.2, 0) is 9.59 Å². The molecule has 1 atom stereocenters. The van der Waals surface area contributed by atoms with Gasteiger partial charge in [0.25, 0.3) is 5.91 Å². The Balaban J connectivity index is 1.95. The van der Waals surface area contributed by atoms with Gasteiger partial charge in [-0.15, -0.1) is 0 Å². The maximum atomic E-state index is 11.9. The number of hydrogen-bond donors (Lipinski definition) is 2. The molecule has 0 heterocycles. The third-order valence-corrected chi connectivity index (χ3v) is 3.19. The van der Waals surface area contributed by atoms with Crippen molar-refractivity contribution in [1.29, 1.82) is 0 Å². The number of carbonyl (C=O) groups excluding carboxylic acids is 1. The van der Waals surface area contributed by atoms with Crippen LogP contribution in [0.1, 0.15) is 25.3 Å². The van der Waals surface area contributed by atoms with Gasteiger partial charge in [-0.25, -0.2) is 4.79 Å². The van der Waals surface area contributed by atoms with Crippen LogP contribution in [0.4, 0.5) is 0 Å². The van der Waals surface area contributed by atoms with Crippen LogP contribution in [0, 0.1) is 6.92 Å². The van der Waals surface area contributed by atoms with Crippen molar-refractivity contribution in [2.45, 2.75) is 38.3 Å². The van der Waals surface area contributed by atoms with Crippen LogP contribution in [0.2, 0.25) is 0 Å². The summed E-state index contributed by atoms with van der Waals surface area (Å²) in [6.07, 6.45) is 0.231. The number of ether oxygens (including phenoxy) is 1. The van der Waals surface area contributed by atoms with Gasteiger partial charge in [0, 0.05) is 0 Å². The number of hydrogen-bond acceptors (Lipinski definition) is 3. The van der Waals surface area contributed by atoms with Gasteiger partial charge in [-0.3, -0.25) is 4.79 Å². The molecule has 0 radical (unpaired) electrons. The van der Waals surface area contributed by atoms with Crippen molar-refractivity contribution in [3.63, 3.8) is 0 Å². The van der Waals surface area contributed by atoms with Gasteiger partial charge in [0.2, 0.25) is 0 Å². The van der Waals surface area contributed by atoms with Crippen molar-refractivity contribution in [1.82, 2.24) is 5.32 Å². The smallest absolute Gasteiger partial charge is 0.329 e. The van der Waals surface area contributed by atoms with Gasteiger partial charge in [0.05, 0.1) is 0 Å². The summed E-state index contributed by atoms with van der Waals surface area (Å²) in [7, 11) is 0. The molecule has 5 nitrogen and oxygen atoms in total. The summed E-state index contributed by atoms with van der Waals surface area (Å²) < 4.78 is 5.51. The summed E-state index contributed by atoms with van der Waals surface area (Å²) in [5, 5.41) is 11.5. The summed E-state index contributed by atoms with van der Waals surface area (Å²) in [6.45, 7) is 3.54. The first-order chi connectivity index (χ1) is 8.93. The Morgan fingerprint density at radius 3 is 2.63 bits per heavy atom. The Kier molecular flexibility index (Phi) is 3.46. The maximum absolute atomic E-state index is 11.9. The molecule has 1 fully saturated rings. The minimum atomic E-state index is -1.07. The highest BCUT2D eigenvalue weighted by atomic mass is 16.5. The van der Waals surface area contributed by atoms with Crippen molar-refractivity contribution in [3.8, 4) is 5.75 Å². The van der Waals surface area contributed by atoms with Crippen molar-refractivity contribution < 1.29 is 19.4 Å². The average molecular weight is 263 g/mol. The molecule has 1 aromatic rings. The van der Waals surface area contributed by atoms with Gasteiger partial charge >= 0.3 is 5.97 Å². The SMILES string of the molecule is Cc1cccc(O[C@@H](C)C(=O)NC2(C(=O)O)CC2)c1. The van der Waals surface area contributed by atoms with E-state index in [1.807, 2.05) is 25.1 Å². The van der Waals surface area contributed by atoms with E-state index >= 15 is 0 Å². The molecule has 0 unspecified atom stereocenters. The van der Waals surface area contributed by atoms with Gasteiger partial charge in [0.1, 0.15) is 11.3 Å². The minimum absolute atomic E-state index is 0.401. The summed E-state index contributed by atoms with van der Waals surface area (Å²) in [4.78, 5) is 22.9. The lowest BCUT2D eigenvalue weighted by Gasteiger charge is -2.18. The summed E-state index contributed by atoms with van der Waals surface area (Å²) in [5.74, 6) is -0.784. The molecular formula is C14H17NO4. The highest BCUT2D eigenvalue weighted by Crippen LogP contribution is 2.35. The quantitative estimate of drug-likeness (QED) is 0.844. The van der Waals surface area contributed by atoms with E-state index in [4.69, 9.17) is 9.84 Å². The van der Waals surface area contributed by atoms with Crippen LogP contribution >= 0.6 is 0 Å². The molecule has 1 aliphatic carbocycles. The zero-order chi connectivity index (χ0) is 14.0. The van der Waals surface area contributed by atoms with Crippen LogP contribution in [0.15, 0.2) is 24.3 Å². The molecule has 102 valence electrons. The third-order valence-electron chi connectivity index (χ3n) is 3.19. The van der Waals surface area contributed by atoms with Crippen molar-refractivity contribution in [3.05, 3.63) is 29.8 Å². The van der Waals surface area contributed by atoms with Crippen molar-refractivity contribution in [2.75, 3.05) is 0 Å². The summed E-state index contributed by atoms with van der Waals surface area (Å²) >= 11 is 0. The van der Waals surface area contributed by atoms with Crippen molar-refractivity contribution >= 4 is 11.9 Å².